The van der Waals surface area contributed by atoms with Crippen molar-refractivity contribution < 1.29 is 9.53 Å². The van der Waals surface area contributed by atoms with Gasteiger partial charge in [-0.05, 0) is 37.3 Å². The highest BCUT2D eigenvalue weighted by atomic mass is 35.5. The van der Waals surface area contributed by atoms with Gasteiger partial charge in [0.2, 0.25) is 0 Å². The second-order valence-corrected chi connectivity index (χ2v) is 4.75. The van der Waals surface area contributed by atoms with Gasteiger partial charge in [-0.25, -0.2) is 0 Å². The van der Waals surface area contributed by atoms with Gasteiger partial charge in [0.15, 0.2) is 6.61 Å². The van der Waals surface area contributed by atoms with E-state index in [1.54, 1.807) is 42.5 Å². The summed E-state index contributed by atoms with van der Waals surface area (Å²) < 4.78 is 5.46. The van der Waals surface area contributed by atoms with E-state index in [0.717, 1.165) is 5.56 Å². The molecule has 2 aromatic carbocycles. The van der Waals surface area contributed by atoms with Crippen molar-refractivity contribution in [3.63, 3.8) is 0 Å². The second kappa shape index (κ2) is 6.30. The van der Waals surface area contributed by atoms with E-state index in [2.05, 4.69) is 5.32 Å². The van der Waals surface area contributed by atoms with Gasteiger partial charge in [0.05, 0.1) is 0 Å². The molecule has 2 rings (SSSR count). The number of hydrogen-bond donors (Lipinski definition) is 2. The number of rotatable bonds is 4. The van der Waals surface area contributed by atoms with Crippen LogP contribution in [0.15, 0.2) is 42.5 Å². The van der Waals surface area contributed by atoms with E-state index in [0.29, 0.717) is 22.1 Å². The first-order chi connectivity index (χ1) is 9.56. The molecule has 0 aliphatic rings. The molecule has 0 aliphatic carbocycles. The Kier molecular flexibility index (Phi) is 4.48. The first-order valence-corrected chi connectivity index (χ1v) is 6.47. The molecule has 0 bridgehead atoms. The van der Waals surface area contributed by atoms with E-state index in [4.69, 9.17) is 22.1 Å². The monoisotopic (exact) mass is 290 g/mol. The number of ether oxygens (including phenoxy) is 1. The van der Waals surface area contributed by atoms with E-state index in [-0.39, 0.29) is 12.5 Å². The fraction of sp³-hybridized carbons (Fsp3) is 0.133. The maximum atomic E-state index is 11.8. The van der Waals surface area contributed by atoms with Gasteiger partial charge in [0, 0.05) is 22.0 Å². The third-order valence-electron chi connectivity index (χ3n) is 2.79. The predicted octanol–water partition coefficient (Wildman–Crippen LogP) is 3.25. The topological polar surface area (TPSA) is 64.3 Å². The Morgan fingerprint density at radius 3 is 2.80 bits per heavy atom. The lowest BCUT2D eigenvalue weighted by molar-refractivity contribution is -0.118. The number of carbonyl (C=O) groups is 1. The summed E-state index contributed by atoms with van der Waals surface area (Å²) in [6, 6.07) is 12.3. The molecule has 4 nitrogen and oxygen atoms in total. The van der Waals surface area contributed by atoms with Crippen molar-refractivity contribution in [3.8, 4) is 5.75 Å². The molecule has 0 saturated heterocycles. The summed E-state index contributed by atoms with van der Waals surface area (Å²) in [5.41, 5.74) is 7.87. The smallest absolute Gasteiger partial charge is 0.262 e. The van der Waals surface area contributed by atoms with E-state index < -0.39 is 0 Å². The second-order valence-electron chi connectivity index (χ2n) is 4.32. The van der Waals surface area contributed by atoms with Crippen LogP contribution in [-0.4, -0.2) is 12.5 Å². The molecule has 0 aliphatic heterocycles. The normalized spacial score (nSPS) is 10.1. The van der Waals surface area contributed by atoms with Crippen molar-refractivity contribution in [1.82, 2.24) is 0 Å². The maximum Gasteiger partial charge on any atom is 0.262 e. The molecule has 104 valence electrons. The minimum atomic E-state index is -0.255. The molecule has 0 radical (unpaired) electrons. The summed E-state index contributed by atoms with van der Waals surface area (Å²) in [6.45, 7) is 1.76. The van der Waals surface area contributed by atoms with Crippen LogP contribution in [-0.2, 0) is 4.79 Å². The van der Waals surface area contributed by atoms with Gasteiger partial charge in [0.1, 0.15) is 5.75 Å². The summed E-state index contributed by atoms with van der Waals surface area (Å²) >= 11 is 5.84. The number of benzene rings is 2. The molecule has 0 aromatic heterocycles. The minimum absolute atomic E-state index is 0.0865. The predicted molar refractivity (Wildman–Crippen MR) is 81.2 cm³/mol. The molecule has 1 amide bonds. The number of amides is 1. The van der Waals surface area contributed by atoms with Crippen LogP contribution in [0.2, 0.25) is 5.02 Å². The molecular formula is C15H15ClN2O2. The van der Waals surface area contributed by atoms with Crippen molar-refractivity contribution in [3.05, 3.63) is 53.1 Å². The average Bonchev–Trinajstić information content (AvgIpc) is 2.40. The van der Waals surface area contributed by atoms with E-state index in [1.165, 1.54) is 0 Å². The molecular weight excluding hydrogens is 276 g/mol. The number of carbonyl (C=O) groups excluding carboxylic acids is 1. The SMILES string of the molecule is Cc1c(N)cccc1OCC(=O)Nc1cccc(Cl)c1. The lowest BCUT2D eigenvalue weighted by atomic mass is 10.2. The fourth-order valence-electron chi connectivity index (χ4n) is 1.69. The van der Waals surface area contributed by atoms with Gasteiger partial charge in [-0.15, -0.1) is 0 Å². The Labute approximate surface area is 122 Å². The lowest BCUT2D eigenvalue weighted by Gasteiger charge is -2.11. The molecule has 2 aromatic rings. The van der Waals surface area contributed by atoms with Crippen LogP contribution in [0.25, 0.3) is 0 Å². The van der Waals surface area contributed by atoms with Gasteiger partial charge in [-0.2, -0.15) is 0 Å². The first kappa shape index (κ1) is 14.2. The molecule has 0 atom stereocenters. The van der Waals surface area contributed by atoms with Crippen LogP contribution in [0.1, 0.15) is 5.56 Å². The van der Waals surface area contributed by atoms with Crippen LogP contribution in [0.4, 0.5) is 11.4 Å². The standard InChI is InChI=1S/C15H15ClN2O2/c1-10-13(17)6-3-7-14(10)20-9-15(19)18-12-5-2-4-11(16)8-12/h2-8H,9,17H2,1H3,(H,18,19). The maximum absolute atomic E-state index is 11.8. The summed E-state index contributed by atoms with van der Waals surface area (Å²) in [4.78, 5) is 11.8. The Morgan fingerprint density at radius 2 is 2.05 bits per heavy atom. The number of hydrogen-bond acceptors (Lipinski definition) is 3. The minimum Gasteiger partial charge on any atom is -0.483 e. The summed E-state index contributed by atoms with van der Waals surface area (Å²) in [6.07, 6.45) is 0. The molecule has 3 N–H and O–H groups in total. The number of nitrogen functional groups attached to an aromatic ring is 1. The summed E-state index contributed by atoms with van der Waals surface area (Å²) in [5, 5.41) is 3.27. The summed E-state index contributed by atoms with van der Waals surface area (Å²) in [7, 11) is 0. The Hall–Kier alpha value is -2.20. The van der Waals surface area contributed by atoms with Gasteiger partial charge >= 0.3 is 0 Å². The zero-order valence-corrected chi connectivity index (χ0v) is 11.8. The van der Waals surface area contributed by atoms with E-state index >= 15 is 0 Å². The molecule has 20 heavy (non-hydrogen) atoms. The zero-order valence-electron chi connectivity index (χ0n) is 11.0. The van der Waals surface area contributed by atoms with Crippen LogP contribution in [0.3, 0.4) is 0 Å². The highest BCUT2D eigenvalue weighted by molar-refractivity contribution is 6.30. The Morgan fingerprint density at radius 1 is 1.30 bits per heavy atom. The first-order valence-electron chi connectivity index (χ1n) is 6.09. The fourth-order valence-corrected chi connectivity index (χ4v) is 1.88. The molecule has 0 unspecified atom stereocenters. The lowest BCUT2D eigenvalue weighted by Crippen LogP contribution is -2.20. The Bertz CT molecular complexity index is 629. The van der Waals surface area contributed by atoms with Gasteiger partial charge < -0.3 is 15.8 Å². The van der Waals surface area contributed by atoms with E-state index in [1.807, 2.05) is 6.92 Å². The van der Waals surface area contributed by atoms with Gasteiger partial charge in [0.25, 0.3) is 5.91 Å². The third-order valence-corrected chi connectivity index (χ3v) is 3.03. The number of nitrogens with two attached hydrogens (primary N) is 1. The summed E-state index contributed by atoms with van der Waals surface area (Å²) in [5.74, 6) is 0.348. The van der Waals surface area contributed by atoms with E-state index in [9.17, 15) is 4.79 Å². The zero-order chi connectivity index (χ0) is 14.5. The van der Waals surface area contributed by atoms with Crippen molar-refractivity contribution in [2.75, 3.05) is 17.7 Å². The van der Waals surface area contributed by atoms with Crippen LogP contribution < -0.4 is 15.8 Å². The quantitative estimate of drug-likeness (QED) is 0.850. The van der Waals surface area contributed by atoms with Gasteiger partial charge in [-0.3, -0.25) is 4.79 Å². The molecule has 0 saturated carbocycles. The average molecular weight is 291 g/mol. The number of nitrogens with one attached hydrogen (secondary N) is 1. The number of halogens is 1. The molecule has 0 fully saturated rings. The van der Waals surface area contributed by atoms with Crippen LogP contribution in [0, 0.1) is 6.92 Å². The largest absolute Gasteiger partial charge is 0.483 e. The van der Waals surface area contributed by atoms with Crippen molar-refractivity contribution >= 4 is 28.9 Å². The van der Waals surface area contributed by atoms with Crippen molar-refractivity contribution in [2.24, 2.45) is 0 Å². The van der Waals surface area contributed by atoms with Crippen LogP contribution in [0.5, 0.6) is 5.75 Å². The van der Waals surface area contributed by atoms with Crippen molar-refractivity contribution in [2.45, 2.75) is 6.92 Å². The highest BCUT2D eigenvalue weighted by Gasteiger charge is 2.07. The third kappa shape index (κ3) is 3.65. The molecule has 0 spiro atoms. The van der Waals surface area contributed by atoms with Crippen LogP contribution >= 0.6 is 11.6 Å². The number of anilines is 2. The van der Waals surface area contributed by atoms with Crippen molar-refractivity contribution in [1.29, 1.82) is 0 Å². The van der Waals surface area contributed by atoms with Gasteiger partial charge in [-0.1, -0.05) is 23.7 Å². The molecule has 5 heteroatoms. The molecule has 0 heterocycles. The highest BCUT2D eigenvalue weighted by Crippen LogP contribution is 2.22. The Balaban J connectivity index is 1.94.